The highest BCUT2D eigenvalue weighted by Crippen LogP contribution is 2.29. The molecule has 2 aromatic rings. The molecule has 2 aromatic carbocycles. The molecule has 0 amide bonds. The van der Waals surface area contributed by atoms with Crippen LogP contribution in [0.2, 0.25) is 0 Å². The summed E-state index contributed by atoms with van der Waals surface area (Å²) in [7, 11) is 1.49. The van der Waals surface area contributed by atoms with Crippen LogP contribution >= 0.6 is 0 Å². The molecule has 0 heterocycles. The molecule has 0 aliphatic heterocycles. The number of benzene rings is 2. The van der Waals surface area contributed by atoms with E-state index in [2.05, 4.69) is 12.1 Å². The Bertz CT molecular complexity index is 558. The van der Waals surface area contributed by atoms with Crippen LogP contribution < -0.4 is 15.2 Å². The van der Waals surface area contributed by atoms with Crippen molar-refractivity contribution in [2.45, 2.75) is 12.8 Å². The van der Waals surface area contributed by atoms with Crippen molar-refractivity contribution in [2.75, 3.05) is 19.5 Å². The van der Waals surface area contributed by atoms with Crippen LogP contribution in [0.1, 0.15) is 12.0 Å². The SMILES string of the molecule is COc1cc(OCCCc2ccccc2)c(F)cc1N. The predicted molar refractivity (Wildman–Crippen MR) is 77.6 cm³/mol. The molecule has 2 rings (SSSR count). The smallest absolute Gasteiger partial charge is 0.167 e. The van der Waals surface area contributed by atoms with Crippen LogP contribution in [0.25, 0.3) is 0 Å². The fourth-order valence-electron chi connectivity index (χ4n) is 1.94. The average Bonchev–Trinajstić information content (AvgIpc) is 2.46. The second-order valence-electron chi connectivity index (χ2n) is 4.46. The number of nitrogens with two attached hydrogens (primary N) is 1. The molecule has 0 radical (unpaired) electrons. The van der Waals surface area contributed by atoms with Crippen LogP contribution in [0.3, 0.4) is 0 Å². The van der Waals surface area contributed by atoms with Crippen molar-refractivity contribution < 1.29 is 13.9 Å². The summed E-state index contributed by atoms with van der Waals surface area (Å²) in [6.07, 6.45) is 1.71. The van der Waals surface area contributed by atoms with Crippen LogP contribution in [0.5, 0.6) is 11.5 Å². The molecule has 106 valence electrons. The first-order chi connectivity index (χ1) is 9.70. The minimum absolute atomic E-state index is 0.170. The Morgan fingerprint density at radius 1 is 1.10 bits per heavy atom. The highest BCUT2D eigenvalue weighted by Gasteiger charge is 2.09. The summed E-state index contributed by atoms with van der Waals surface area (Å²) in [5.41, 5.74) is 7.12. The summed E-state index contributed by atoms with van der Waals surface area (Å²) in [4.78, 5) is 0. The fourth-order valence-corrected chi connectivity index (χ4v) is 1.94. The Labute approximate surface area is 118 Å². The minimum Gasteiger partial charge on any atom is -0.494 e. The van der Waals surface area contributed by atoms with Gasteiger partial charge in [-0.15, -0.1) is 0 Å². The third-order valence-corrected chi connectivity index (χ3v) is 2.99. The highest BCUT2D eigenvalue weighted by molar-refractivity contribution is 5.56. The maximum absolute atomic E-state index is 13.7. The molecule has 20 heavy (non-hydrogen) atoms. The van der Waals surface area contributed by atoms with Crippen LogP contribution in [-0.4, -0.2) is 13.7 Å². The van der Waals surface area contributed by atoms with E-state index >= 15 is 0 Å². The van der Waals surface area contributed by atoms with Crippen LogP contribution in [0.4, 0.5) is 10.1 Å². The first-order valence-corrected chi connectivity index (χ1v) is 6.50. The quantitative estimate of drug-likeness (QED) is 0.649. The van der Waals surface area contributed by atoms with Gasteiger partial charge in [-0.3, -0.25) is 0 Å². The van der Waals surface area contributed by atoms with Crippen molar-refractivity contribution in [2.24, 2.45) is 0 Å². The molecule has 3 nitrogen and oxygen atoms in total. The number of aryl methyl sites for hydroxylation is 1. The minimum atomic E-state index is -0.469. The maximum Gasteiger partial charge on any atom is 0.167 e. The van der Waals surface area contributed by atoms with Crippen LogP contribution in [-0.2, 0) is 6.42 Å². The van der Waals surface area contributed by atoms with Crippen LogP contribution in [0, 0.1) is 5.82 Å². The third-order valence-electron chi connectivity index (χ3n) is 2.99. The number of nitrogen functional groups attached to an aromatic ring is 1. The lowest BCUT2D eigenvalue weighted by atomic mass is 10.1. The molecule has 0 bridgehead atoms. The molecular weight excluding hydrogens is 257 g/mol. The van der Waals surface area contributed by atoms with Crippen molar-refractivity contribution in [3.8, 4) is 11.5 Å². The van der Waals surface area contributed by atoms with Gasteiger partial charge >= 0.3 is 0 Å². The van der Waals surface area contributed by atoms with E-state index in [0.717, 1.165) is 12.8 Å². The number of hydrogen-bond acceptors (Lipinski definition) is 3. The van der Waals surface area contributed by atoms with Gasteiger partial charge in [-0.05, 0) is 18.4 Å². The van der Waals surface area contributed by atoms with Gasteiger partial charge in [0.25, 0.3) is 0 Å². The zero-order valence-electron chi connectivity index (χ0n) is 11.4. The first-order valence-electron chi connectivity index (χ1n) is 6.50. The Morgan fingerprint density at radius 2 is 1.85 bits per heavy atom. The Hall–Kier alpha value is -2.23. The number of hydrogen-bond donors (Lipinski definition) is 1. The Morgan fingerprint density at radius 3 is 2.55 bits per heavy atom. The van der Waals surface area contributed by atoms with Crippen LogP contribution in [0.15, 0.2) is 42.5 Å². The van der Waals surface area contributed by atoms with Gasteiger partial charge < -0.3 is 15.2 Å². The van der Waals surface area contributed by atoms with Gasteiger partial charge in [0.2, 0.25) is 0 Å². The first kappa shape index (κ1) is 14.2. The van der Waals surface area contributed by atoms with E-state index in [1.807, 2.05) is 18.2 Å². The largest absolute Gasteiger partial charge is 0.494 e. The molecule has 2 N–H and O–H groups in total. The monoisotopic (exact) mass is 275 g/mol. The molecule has 0 fully saturated rings. The van der Waals surface area contributed by atoms with Gasteiger partial charge in [-0.2, -0.15) is 0 Å². The van der Waals surface area contributed by atoms with E-state index in [4.69, 9.17) is 15.2 Å². The highest BCUT2D eigenvalue weighted by atomic mass is 19.1. The number of methoxy groups -OCH3 is 1. The van der Waals surface area contributed by atoms with E-state index in [1.165, 1.54) is 24.8 Å². The summed E-state index contributed by atoms with van der Waals surface area (Å²) in [5.74, 6) is 0.122. The second kappa shape index (κ2) is 6.80. The number of halogens is 1. The van der Waals surface area contributed by atoms with E-state index < -0.39 is 5.82 Å². The number of anilines is 1. The molecule has 0 unspecified atom stereocenters. The van der Waals surface area contributed by atoms with Gasteiger partial charge in [0.1, 0.15) is 5.75 Å². The summed E-state index contributed by atoms with van der Waals surface area (Å²) in [5, 5.41) is 0. The number of rotatable bonds is 6. The molecule has 0 spiro atoms. The Balaban J connectivity index is 1.88. The topological polar surface area (TPSA) is 44.5 Å². The average molecular weight is 275 g/mol. The van der Waals surface area contributed by atoms with Crippen molar-refractivity contribution in [1.82, 2.24) is 0 Å². The van der Waals surface area contributed by atoms with E-state index in [9.17, 15) is 4.39 Å². The molecule has 4 heteroatoms. The molecule has 0 aromatic heterocycles. The molecule has 0 saturated carbocycles. The zero-order chi connectivity index (χ0) is 14.4. The predicted octanol–water partition coefficient (Wildman–Crippen LogP) is 3.43. The lowest BCUT2D eigenvalue weighted by Gasteiger charge is -2.10. The van der Waals surface area contributed by atoms with E-state index in [1.54, 1.807) is 0 Å². The van der Waals surface area contributed by atoms with Crippen molar-refractivity contribution in [3.63, 3.8) is 0 Å². The van der Waals surface area contributed by atoms with E-state index in [0.29, 0.717) is 12.4 Å². The van der Waals surface area contributed by atoms with Gasteiger partial charge in [-0.1, -0.05) is 30.3 Å². The van der Waals surface area contributed by atoms with Gasteiger partial charge in [0, 0.05) is 12.1 Å². The van der Waals surface area contributed by atoms with Gasteiger partial charge in [0.05, 0.1) is 19.4 Å². The molecule has 0 aliphatic rings. The summed E-state index contributed by atoms with van der Waals surface area (Å²) in [6, 6.07) is 12.8. The zero-order valence-corrected chi connectivity index (χ0v) is 11.4. The second-order valence-corrected chi connectivity index (χ2v) is 4.46. The maximum atomic E-state index is 13.7. The van der Waals surface area contributed by atoms with Gasteiger partial charge in [0.15, 0.2) is 11.6 Å². The third kappa shape index (κ3) is 3.63. The summed E-state index contributed by atoms with van der Waals surface area (Å²) >= 11 is 0. The molecule has 0 saturated heterocycles. The lowest BCUT2D eigenvalue weighted by Crippen LogP contribution is -2.02. The standard InChI is InChI=1S/C16H18FNO2/c1-19-16-11-15(13(17)10-14(16)18)20-9-5-8-12-6-3-2-4-7-12/h2-4,6-7,10-11H,5,8-9,18H2,1H3. The normalized spacial score (nSPS) is 10.3. The Kier molecular flexibility index (Phi) is 4.82. The van der Waals surface area contributed by atoms with Gasteiger partial charge in [-0.25, -0.2) is 4.39 Å². The molecular formula is C16H18FNO2. The van der Waals surface area contributed by atoms with E-state index in [-0.39, 0.29) is 11.4 Å². The summed E-state index contributed by atoms with van der Waals surface area (Å²) < 4.78 is 24.1. The van der Waals surface area contributed by atoms with Crippen molar-refractivity contribution >= 4 is 5.69 Å². The van der Waals surface area contributed by atoms with Crippen molar-refractivity contribution in [3.05, 3.63) is 53.8 Å². The number of ether oxygens (including phenoxy) is 2. The van der Waals surface area contributed by atoms with Crippen molar-refractivity contribution in [1.29, 1.82) is 0 Å². The lowest BCUT2D eigenvalue weighted by molar-refractivity contribution is 0.293. The fraction of sp³-hybridized carbons (Fsp3) is 0.250. The summed E-state index contributed by atoms with van der Waals surface area (Å²) in [6.45, 7) is 0.443. The molecule has 0 atom stereocenters. The molecule has 0 aliphatic carbocycles.